The van der Waals surface area contributed by atoms with Gasteiger partial charge in [-0.05, 0) is 35.0 Å². The van der Waals surface area contributed by atoms with Gasteiger partial charge in [-0.3, -0.25) is 0 Å². The van der Waals surface area contributed by atoms with Crippen LogP contribution in [-0.4, -0.2) is 31.4 Å². The molecule has 0 saturated carbocycles. The van der Waals surface area contributed by atoms with E-state index >= 15 is 0 Å². The van der Waals surface area contributed by atoms with E-state index < -0.39 is 15.1 Å². The Labute approximate surface area is 103 Å². The van der Waals surface area contributed by atoms with Gasteiger partial charge in [0.15, 0.2) is 9.84 Å². The van der Waals surface area contributed by atoms with Crippen LogP contribution in [-0.2, 0) is 9.84 Å². The number of fused-ring (bicyclic) bond motifs is 1. The van der Waals surface area contributed by atoms with Gasteiger partial charge < -0.3 is 10.4 Å². The van der Waals surface area contributed by atoms with Crippen LogP contribution in [0.15, 0.2) is 27.6 Å². The fourth-order valence-corrected chi connectivity index (χ4v) is 4.35. The van der Waals surface area contributed by atoms with Gasteiger partial charge in [-0.2, -0.15) is 0 Å². The number of sulfone groups is 1. The average molecular weight is 306 g/mol. The third-order valence-electron chi connectivity index (χ3n) is 2.79. The summed E-state index contributed by atoms with van der Waals surface area (Å²) in [6, 6.07) is 4.71. The second-order valence-corrected chi connectivity index (χ2v) is 6.80. The molecule has 0 bridgehead atoms. The van der Waals surface area contributed by atoms with Gasteiger partial charge in [0.2, 0.25) is 0 Å². The van der Waals surface area contributed by atoms with Crippen molar-refractivity contribution < 1.29 is 13.5 Å². The van der Waals surface area contributed by atoms with E-state index in [-0.39, 0.29) is 17.5 Å². The molecule has 0 spiro atoms. The third-order valence-corrected chi connectivity index (χ3v) is 5.76. The van der Waals surface area contributed by atoms with Crippen molar-refractivity contribution in [2.24, 2.45) is 0 Å². The van der Waals surface area contributed by atoms with E-state index in [1.807, 2.05) is 0 Å². The molecule has 2 unspecified atom stereocenters. The Morgan fingerprint density at radius 2 is 2.19 bits per heavy atom. The summed E-state index contributed by atoms with van der Waals surface area (Å²) < 4.78 is 25.1. The molecule has 88 valence electrons. The van der Waals surface area contributed by atoms with Crippen LogP contribution < -0.4 is 5.32 Å². The van der Waals surface area contributed by atoms with Crippen LogP contribution in [0.25, 0.3) is 0 Å². The van der Waals surface area contributed by atoms with Crippen LogP contribution in [0.2, 0.25) is 0 Å². The molecule has 0 fully saturated rings. The molecule has 0 amide bonds. The first kappa shape index (κ1) is 11.9. The zero-order chi connectivity index (χ0) is 11.9. The van der Waals surface area contributed by atoms with Crippen molar-refractivity contribution in [2.75, 3.05) is 11.9 Å². The smallest absolute Gasteiger partial charge is 0.187 e. The Balaban J connectivity index is 2.67. The molecule has 16 heavy (non-hydrogen) atoms. The second-order valence-electron chi connectivity index (χ2n) is 3.81. The van der Waals surface area contributed by atoms with E-state index in [4.69, 9.17) is 5.11 Å². The van der Waals surface area contributed by atoms with Gasteiger partial charge in [0, 0.05) is 10.5 Å². The van der Waals surface area contributed by atoms with E-state index in [1.54, 1.807) is 25.1 Å². The first-order valence-electron chi connectivity index (χ1n) is 4.88. The maximum Gasteiger partial charge on any atom is 0.187 e. The maximum atomic E-state index is 12.2. The number of hydrogen-bond donors (Lipinski definition) is 2. The monoisotopic (exact) mass is 305 g/mol. The predicted octanol–water partition coefficient (Wildman–Crippen LogP) is 1.40. The van der Waals surface area contributed by atoms with Crippen molar-refractivity contribution in [2.45, 2.75) is 23.1 Å². The summed E-state index contributed by atoms with van der Waals surface area (Å²) in [4.78, 5) is 0.249. The normalized spacial score (nSPS) is 26.9. The molecule has 4 nitrogen and oxygen atoms in total. The van der Waals surface area contributed by atoms with Gasteiger partial charge in [0.1, 0.15) is 5.25 Å². The van der Waals surface area contributed by atoms with Gasteiger partial charge in [0.05, 0.1) is 17.2 Å². The van der Waals surface area contributed by atoms with Crippen LogP contribution in [0.4, 0.5) is 5.69 Å². The molecule has 6 heteroatoms. The lowest BCUT2D eigenvalue weighted by atomic mass is 10.2. The van der Waals surface area contributed by atoms with Gasteiger partial charge in [-0.25, -0.2) is 8.42 Å². The van der Waals surface area contributed by atoms with Crippen LogP contribution in [0.3, 0.4) is 0 Å². The molecule has 1 aliphatic heterocycles. The number of halogens is 1. The van der Waals surface area contributed by atoms with Gasteiger partial charge in [0.25, 0.3) is 0 Å². The number of aliphatic hydroxyl groups excluding tert-OH is 1. The number of aliphatic hydroxyl groups is 1. The highest BCUT2D eigenvalue weighted by Crippen LogP contribution is 2.37. The standard InChI is InChI=1S/C10H12BrNO3S/c1-6-9(5-13)16(14,15)8-4-2-3-7(11)10(8)12-6/h2-4,6,9,12-13H,5H2,1H3. The largest absolute Gasteiger partial charge is 0.395 e. The Kier molecular flexibility index (Phi) is 2.98. The third kappa shape index (κ3) is 1.65. The molecule has 1 aromatic carbocycles. The predicted molar refractivity (Wildman–Crippen MR) is 65.3 cm³/mol. The molecule has 2 rings (SSSR count). The van der Waals surface area contributed by atoms with E-state index in [2.05, 4.69) is 21.2 Å². The van der Waals surface area contributed by atoms with Crippen molar-refractivity contribution >= 4 is 31.5 Å². The number of benzene rings is 1. The number of hydrogen-bond acceptors (Lipinski definition) is 4. The fourth-order valence-electron chi connectivity index (χ4n) is 1.89. The lowest BCUT2D eigenvalue weighted by Crippen LogP contribution is -2.44. The molecule has 1 aliphatic rings. The highest BCUT2D eigenvalue weighted by Gasteiger charge is 2.38. The van der Waals surface area contributed by atoms with Crippen LogP contribution in [0.5, 0.6) is 0 Å². The molecular formula is C10H12BrNO3S. The van der Waals surface area contributed by atoms with Gasteiger partial charge in [-0.1, -0.05) is 6.07 Å². The molecule has 0 saturated heterocycles. The minimum Gasteiger partial charge on any atom is -0.395 e. The average Bonchev–Trinajstić information content (AvgIpc) is 2.20. The Bertz CT molecular complexity index is 515. The van der Waals surface area contributed by atoms with E-state index in [0.29, 0.717) is 5.69 Å². The van der Waals surface area contributed by atoms with Crippen molar-refractivity contribution in [3.8, 4) is 0 Å². The number of rotatable bonds is 1. The highest BCUT2D eigenvalue weighted by molar-refractivity contribution is 9.10. The fraction of sp³-hybridized carbons (Fsp3) is 0.400. The lowest BCUT2D eigenvalue weighted by Gasteiger charge is -2.31. The number of para-hydroxylation sites is 1. The first-order chi connectivity index (χ1) is 7.48. The minimum atomic E-state index is -3.45. The quantitative estimate of drug-likeness (QED) is 0.823. The number of nitrogens with one attached hydrogen (secondary N) is 1. The van der Waals surface area contributed by atoms with E-state index in [9.17, 15) is 8.42 Å². The lowest BCUT2D eigenvalue weighted by molar-refractivity contribution is 0.282. The Hall–Kier alpha value is -0.590. The van der Waals surface area contributed by atoms with Crippen LogP contribution in [0.1, 0.15) is 6.92 Å². The van der Waals surface area contributed by atoms with E-state index in [0.717, 1.165) is 4.47 Å². The summed E-state index contributed by atoms with van der Waals surface area (Å²) >= 11 is 3.31. The molecule has 2 N–H and O–H groups in total. The molecular weight excluding hydrogens is 294 g/mol. The zero-order valence-corrected chi connectivity index (χ0v) is 11.0. The molecule has 1 heterocycles. The molecule has 0 aromatic heterocycles. The second kappa shape index (κ2) is 4.01. The summed E-state index contributed by atoms with van der Waals surface area (Å²) in [5.74, 6) is 0. The van der Waals surface area contributed by atoms with Gasteiger partial charge >= 0.3 is 0 Å². The zero-order valence-electron chi connectivity index (χ0n) is 8.64. The SMILES string of the molecule is CC1Nc2c(Br)cccc2S(=O)(=O)C1CO. The van der Waals surface area contributed by atoms with Gasteiger partial charge in [-0.15, -0.1) is 0 Å². The topological polar surface area (TPSA) is 66.4 Å². The highest BCUT2D eigenvalue weighted by atomic mass is 79.9. The summed E-state index contributed by atoms with van der Waals surface area (Å²) in [5.41, 5.74) is 0.583. The van der Waals surface area contributed by atoms with E-state index in [1.165, 1.54) is 0 Å². The van der Waals surface area contributed by atoms with Crippen molar-refractivity contribution in [1.29, 1.82) is 0 Å². The van der Waals surface area contributed by atoms with Crippen molar-refractivity contribution in [3.63, 3.8) is 0 Å². The van der Waals surface area contributed by atoms with Crippen molar-refractivity contribution in [1.82, 2.24) is 0 Å². The summed E-state index contributed by atoms with van der Waals surface area (Å²) in [6.07, 6.45) is 0. The maximum absolute atomic E-state index is 12.2. The molecule has 2 atom stereocenters. The Morgan fingerprint density at radius 1 is 1.50 bits per heavy atom. The summed E-state index contributed by atoms with van der Waals surface area (Å²) in [6.45, 7) is 1.38. The Morgan fingerprint density at radius 3 is 2.81 bits per heavy atom. The summed E-state index contributed by atoms with van der Waals surface area (Å²) in [5, 5.41) is 11.5. The van der Waals surface area contributed by atoms with Crippen LogP contribution in [0, 0.1) is 0 Å². The molecule has 1 aromatic rings. The summed E-state index contributed by atoms with van der Waals surface area (Å²) in [7, 11) is -3.45. The minimum absolute atomic E-state index is 0.249. The van der Waals surface area contributed by atoms with Crippen molar-refractivity contribution in [3.05, 3.63) is 22.7 Å². The first-order valence-corrected chi connectivity index (χ1v) is 7.22. The molecule has 0 aliphatic carbocycles. The van der Waals surface area contributed by atoms with Crippen LogP contribution >= 0.6 is 15.9 Å². The number of anilines is 1. The molecule has 0 radical (unpaired) electrons.